The smallest absolute Gasteiger partial charge is 0.262 e. The molecule has 0 amide bonds. The minimum atomic E-state index is -0.400. The molecule has 0 fully saturated rings. The van der Waals surface area contributed by atoms with Gasteiger partial charge in [0.15, 0.2) is 5.82 Å². The number of benzene rings is 1. The van der Waals surface area contributed by atoms with E-state index in [1.807, 2.05) is 17.5 Å². The first-order valence-electron chi connectivity index (χ1n) is 5.78. The van der Waals surface area contributed by atoms with E-state index in [0.717, 1.165) is 4.88 Å². The number of nitrogens with one attached hydrogen (secondary N) is 1. The van der Waals surface area contributed by atoms with Crippen LogP contribution in [-0.4, -0.2) is 15.1 Å². The molecule has 3 aromatic rings. The third-order valence-electron chi connectivity index (χ3n) is 2.77. The number of hydrogen-bond donors (Lipinski definition) is 2. The van der Waals surface area contributed by atoms with Crippen molar-refractivity contribution in [3.63, 3.8) is 0 Å². The van der Waals surface area contributed by atoms with Crippen molar-refractivity contribution in [2.75, 3.05) is 0 Å². The molecule has 20 heavy (non-hydrogen) atoms. The highest BCUT2D eigenvalue weighted by Gasteiger charge is 2.14. The van der Waals surface area contributed by atoms with Crippen molar-refractivity contribution >= 4 is 22.9 Å². The average Bonchev–Trinajstić information content (AvgIpc) is 2.91. The molecule has 0 aliphatic carbocycles. The zero-order valence-electron chi connectivity index (χ0n) is 10.1. The van der Waals surface area contributed by atoms with Crippen LogP contribution in [-0.2, 0) is 0 Å². The summed E-state index contributed by atoms with van der Waals surface area (Å²) in [7, 11) is 0. The second-order valence-corrected chi connectivity index (χ2v) is 5.48. The average molecular weight is 305 g/mol. The van der Waals surface area contributed by atoms with Crippen molar-refractivity contribution in [2.45, 2.75) is 0 Å². The van der Waals surface area contributed by atoms with Crippen molar-refractivity contribution in [1.82, 2.24) is 9.97 Å². The highest BCUT2D eigenvalue weighted by Crippen LogP contribution is 2.28. The maximum Gasteiger partial charge on any atom is 0.262 e. The minimum absolute atomic E-state index is 0.118. The maximum atomic E-state index is 12.2. The van der Waals surface area contributed by atoms with Gasteiger partial charge in [0.25, 0.3) is 5.56 Å². The molecule has 0 saturated carbocycles. The molecule has 2 aromatic heterocycles. The number of aromatic nitrogens is 2. The Morgan fingerprint density at radius 1 is 1.25 bits per heavy atom. The summed E-state index contributed by atoms with van der Waals surface area (Å²) in [4.78, 5) is 19.7. The van der Waals surface area contributed by atoms with E-state index in [1.165, 1.54) is 11.3 Å². The van der Waals surface area contributed by atoms with Crippen molar-refractivity contribution in [2.24, 2.45) is 0 Å². The van der Waals surface area contributed by atoms with Crippen LogP contribution in [0.4, 0.5) is 0 Å². The van der Waals surface area contributed by atoms with Gasteiger partial charge in [-0.3, -0.25) is 4.79 Å². The van der Waals surface area contributed by atoms with Gasteiger partial charge in [-0.25, -0.2) is 0 Å². The van der Waals surface area contributed by atoms with Crippen molar-refractivity contribution in [3.05, 3.63) is 57.2 Å². The molecule has 6 heteroatoms. The highest BCUT2D eigenvalue weighted by molar-refractivity contribution is 7.13. The number of thiophene rings is 1. The van der Waals surface area contributed by atoms with Crippen LogP contribution in [0.3, 0.4) is 0 Å². The molecule has 100 valence electrons. The van der Waals surface area contributed by atoms with Crippen LogP contribution in [0.25, 0.3) is 21.8 Å². The molecule has 3 rings (SSSR count). The van der Waals surface area contributed by atoms with Gasteiger partial charge in [0.2, 0.25) is 5.88 Å². The molecule has 0 atom stereocenters. The normalized spacial score (nSPS) is 10.7. The summed E-state index contributed by atoms with van der Waals surface area (Å²) in [5.74, 6) is 0.0488. The predicted molar refractivity (Wildman–Crippen MR) is 80.3 cm³/mol. The molecule has 2 N–H and O–H groups in total. The summed E-state index contributed by atoms with van der Waals surface area (Å²) in [5, 5.41) is 12.4. The predicted octanol–water partition coefficient (Wildman–Crippen LogP) is 3.52. The van der Waals surface area contributed by atoms with Crippen LogP contribution in [0.15, 0.2) is 46.6 Å². The second kappa shape index (κ2) is 5.11. The Morgan fingerprint density at radius 3 is 2.75 bits per heavy atom. The van der Waals surface area contributed by atoms with Gasteiger partial charge >= 0.3 is 0 Å². The third kappa shape index (κ3) is 2.33. The lowest BCUT2D eigenvalue weighted by molar-refractivity contribution is 0.454. The number of rotatable bonds is 2. The summed E-state index contributed by atoms with van der Waals surface area (Å²) in [6.07, 6.45) is 0. The molecule has 4 nitrogen and oxygen atoms in total. The fourth-order valence-electron chi connectivity index (χ4n) is 1.90. The first-order chi connectivity index (χ1) is 9.65. The molecule has 0 aliphatic rings. The third-order valence-corrected chi connectivity index (χ3v) is 3.88. The molecular formula is C14H9ClN2O2S. The van der Waals surface area contributed by atoms with Crippen LogP contribution < -0.4 is 5.56 Å². The lowest BCUT2D eigenvalue weighted by Gasteiger charge is -2.05. The monoisotopic (exact) mass is 304 g/mol. The lowest BCUT2D eigenvalue weighted by Crippen LogP contribution is -2.11. The Balaban J connectivity index is 2.17. The summed E-state index contributed by atoms with van der Waals surface area (Å²) in [5.41, 5.74) is 0.248. The number of aromatic hydroxyl groups is 1. The zero-order valence-corrected chi connectivity index (χ0v) is 11.7. The van der Waals surface area contributed by atoms with E-state index in [0.29, 0.717) is 16.4 Å². The van der Waals surface area contributed by atoms with Crippen LogP contribution in [0.1, 0.15) is 0 Å². The van der Waals surface area contributed by atoms with E-state index in [2.05, 4.69) is 9.97 Å². The van der Waals surface area contributed by atoms with Gasteiger partial charge < -0.3 is 10.1 Å². The van der Waals surface area contributed by atoms with Gasteiger partial charge in [0, 0.05) is 5.02 Å². The fourth-order valence-corrected chi connectivity index (χ4v) is 2.75. The first-order valence-corrected chi connectivity index (χ1v) is 7.04. The Morgan fingerprint density at radius 2 is 2.10 bits per heavy atom. The summed E-state index contributed by atoms with van der Waals surface area (Å²) < 4.78 is 0. The Bertz CT molecular complexity index is 812. The van der Waals surface area contributed by atoms with Gasteiger partial charge in [-0.1, -0.05) is 29.8 Å². The number of hydrogen-bond acceptors (Lipinski definition) is 4. The summed E-state index contributed by atoms with van der Waals surface area (Å²) >= 11 is 7.33. The largest absolute Gasteiger partial charge is 0.493 e. The van der Waals surface area contributed by atoms with E-state index in [9.17, 15) is 9.90 Å². The summed E-state index contributed by atoms with van der Waals surface area (Å²) in [6, 6.07) is 10.4. The van der Waals surface area contributed by atoms with E-state index in [-0.39, 0.29) is 11.4 Å². The maximum absolute atomic E-state index is 12.2. The zero-order chi connectivity index (χ0) is 14.1. The van der Waals surface area contributed by atoms with E-state index in [1.54, 1.807) is 24.3 Å². The molecule has 1 aromatic carbocycles. The van der Waals surface area contributed by atoms with Crippen LogP contribution in [0.5, 0.6) is 5.88 Å². The fraction of sp³-hybridized carbons (Fsp3) is 0. The summed E-state index contributed by atoms with van der Waals surface area (Å²) in [6.45, 7) is 0. The molecular weight excluding hydrogens is 296 g/mol. The molecule has 2 heterocycles. The SMILES string of the molecule is O=c1[nH]c(-c2cccs2)nc(O)c1-c1cccc(Cl)c1. The standard InChI is InChI=1S/C14H9ClN2O2S/c15-9-4-1-3-8(7-9)11-13(18)16-12(17-14(11)19)10-5-2-6-20-10/h1-7H,(H2,16,17,18,19). The Labute approximate surface area is 123 Å². The van der Waals surface area contributed by atoms with Gasteiger partial charge in [-0.2, -0.15) is 4.98 Å². The van der Waals surface area contributed by atoms with E-state index in [4.69, 9.17) is 11.6 Å². The molecule has 0 spiro atoms. The minimum Gasteiger partial charge on any atom is -0.493 e. The van der Waals surface area contributed by atoms with Crippen molar-refractivity contribution < 1.29 is 5.11 Å². The topological polar surface area (TPSA) is 66.0 Å². The van der Waals surface area contributed by atoms with Gasteiger partial charge in [0.1, 0.15) is 5.56 Å². The molecule has 0 radical (unpaired) electrons. The molecule has 0 bridgehead atoms. The number of halogens is 1. The lowest BCUT2D eigenvalue weighted by atomic mass is 10.1. The Hall–Kier alpha value is -2.11. The quantitative estimate of drug-likeness (QED) is 0.761. The van der Waals surface area contributed by atoms with Gasteiger partial charge in [-0.05, 0) is 29.1 Å². The highest BCUT2D eigenvalue weighted by atomic mass is 35.5. The first kappa shape index (κ1) is 12.9. The molecule has 0 unspecified atom stereocenters. The number of H-pyrrole nitrogens is 1. The van der Waals surface area contributed by atoms with Gasteiger partial charge in [-0.15, -0.1) is 11.3 Å². The second-order valence-electron chi connectivity index (χ2n) is 4.10. The number of nitrogens with zero attached hydrogens (tertiary/aromatic N) is 1. The van der Waals surface area contributed by atoms with Crippen molar-refractivity contribution in [1.29, 1.82) is 0 Å². The van der Waals surface area contributed by atoms with Crippen LogP contribution in [0.2, 0.25) is 5.02 Å². The van der Waals surface area contributed by atoms with E-state index < -0.39 is 5.56 Å². The van der Waals surface area contributed by atoms with Gasteiger partial charge in [0.05, 0.1) is 4.88 Å². The van der Waals surface area contributed by atoms with E-state index >= 15 is 0 Å². The Kier molecular flexibility index (Phi) is 3.30. The van der Waals surface area contributed by atoms with Crippen LogP contribution in [0, 0.1) is 0 Å². The van der Waals surface area contributed by atoms with Crippen molar-refractivity contribution in [3.8, 4) is 27.7 Å². The molecule has 0 aliphatic heterocycles. The number of aromatic amines is 1. The van der Waals surface area contributed by atoms with Crippen LogP contribution >= 0.6 is 22.9 Å². The molecule has 0 saturated heterocycles.